The van der Waals surface area contributed by atoms with Crippen molar-refractivity contribution in [3.63, 3.8) is 0 Å². The Kier molecular flexibility index (Phi) is 6.13. The second-order valence-corrected chi connectivity index (χ2v) is 7.25. The molecule has 0 radical (unpaired) electrons. The van der Waals surface area contributed by atoms with Gasteiger partial charge in [-0.3, -0.25) is 0 Å². The summed E-state index contributed by atoms with van der Waals surface area (Å²) >= 11 is 0. The van der Waals surface area contributed by atoms with Crippen LogP contribution in [0.4, 0.5) is 0 Å². The molecule has 4 aromatic rings. The van der Waals surface area contributed by atoms with Crippen LogP contribution in [-0.4, -0.2) is 22.1 Å². The van der Waals surface area contributed by atoms with Crippen LogP contribution in [0.15, 0.2) is 76.7 Å². The van der Waals surface area contributed by atoms with Crippen LogP contribution in [0.3, 0.4) is 0 Å². The summed E-state index contributed by atoms with van der Waals surface area (Å²) in [5.74, 6) is 1.71. The number of hydrogen-bond acceptors (Lipinski definition) is 3. The lowest BCUT2D eigenvalue weighted by Crippen LogP contribution is -2.36. The number of furan rings is 1. The third kappa shape index (κ3) is 4.71. The van der Waals surface area contributed by atoms with E-state index in [1.54, 1.807) is 6.20 Å². The summed E-state index contributed by atoms with van der Waals surface area (Å²) in [7, 11) is 0. The number of aliphatic imine (C=N–C) groups is 1. The minimum Gasteiger partial charge on any atom is -0.459 e. The first kappa shape index (κ1) is 19.8. The molecule has 154 valence electrons. The topological polar surface area (TPSA) is 67.4 Å². The van der Waals surface area contributed by atoms with Gasteiger partial charge in [0.2, 0.25) is 0 Å². The number of rotatable bonds is 7. The van der Waals surface area contributed by atoms with Crippen molar-refractivity contribution in [2.24, 2.45) is 4.99 Å². The average Bonchev–Trinajstić information content (AvgIpc) is 3.38. The van der Waals surface area contributed by atoms with Crippen LogP contribution < -0.4 is 10.6 Å². The van der Waals surface area contributed by atoms with E-state index >= 15 is 0 Å². The lowest BCUT2D eigenvalue weighted by Gasteiger charge is -2.11. The van der Waals surface area contributed by atoms with Crippen LogP contribution >= 0.6 is 0 Å². The lowest BCUT2D eigenvalue weighted by atomic mass is 10.1. The van der Waals surface area contributed by atoms with Crippen molar-refractivity contribution in [3.05, 3.63) is 89.7 Å². The normalized spacial score (nSPS) is 11.7. The van der Waals surface area contributed by atoms with Crippen LogP contribution in [0.1, 0.15) is 29.4 Å². The Labute approximate surface area is 176 Å². The first-order valence-corrected chi connectivity index (χ1v) is 10.3. The number of hydrogen-bond donors (Lipinski definition) is 2. The molecule has 4 rings (SSSR count). The Bertz CT molecular complexity index is 1130. The molecule has 0 saturated carbocycles. The van der Waals surface area contributed by atoms with E-state index in [1.165, 1.54) is 16.7 Å². The van der Waals surface area contributed by atoms with E-state index < -0.39 is 0 Å². The minimum atomic E-state index is 0.590. The molecule has 0 aliphatic rings. The molecule has 0 spiro atoms. The van der Waals surface area contributed by atoms with Gasteiger partial charge in [-0.1, -0.05) is 42.5 Å². The summed E-state index contributed by atoms with van der Waals surface area (Å²) in [6.07, 6.45) is 5.60. The molecule has 0 fully saturated rings. The Hall–Kier alpha value is -3.54. The van der Waals surface area contributed by atoms with E-state index in [1.807, 2.05) is 30.7 Å². The molecule has 2 aromatic carbocycles. The van der Waals surface area contributed by atoms with Gasteiger partial charge < -0.3 is 19.6 Å². The first-order valence-electron chi connectivity index (χ1n) is 10.3. The highest BCUT2D eigenvalue weighted by molar-refractivity contribution is 5.83. The summed E-state index contributed by atoms with van der Waals surface area (Å²) in [6.45, 7) is 6.96. The van der Waals surface area contributed by atoms with Crippen molar-refractivity contribution < 1.29 is 4.42 Å². The predicted octanol–water partition coefficient (Wildman–Crippen LogP) is 4.24. The molecular weight excluding hydrogens is 374 g/mol. The van der Waals surface area contributed by atoms with E-state index in [9.17, 15) is 0 Å². The van der Waals surface area contributed by atoms with Gasteiger partial charge in [-0.2, -0.15) is 0 Å². The maximum absolute atomic E-state index is 6.00. The van der Waals surface area contributed by atoms with Crippen molar-refractivity contribution in [1.82, 2.24) is 20.2 Å². The molecule has 0 aliphatic carbocycles. The van der Waals surface area contributed by atoms with Gasteiger partial charge in [0.05, 0.1) is 19.4 Å². The monoisotopic (exact) mass is 401 g/mol. The predicted molar refractivity (Wildman–Crippen MR) is 120 cm³/mol. The number of benzene rings is 2. The number of aromatic nitrogens is 2. The fraction of sp³-hybridized carbons (Fsp3) is 0.250. The number of imidazole rings is 1. The minimum absolute atomic E-state index is 0.590. The van der Waals surface area contributed by atoms with E-state index in [0.29, 0.717) is 13.1 Å². The van der Waals surface area contributed by atoms with Crippen molar-refractivity contribution in [3.8, 4) is 0 Å². The number of para-hydroxylation sites is 1. The zero-order valence-electron chi connectivity index (χ0n) is 17.4. The van der Waals surface area contributed by atoms with E-state index in [4.69, 9.17) is 9.41 Å². The van der Waals surface area contributed by atoms with Crippen LogP contribution in [-0.2, 0) is 19.6 Å². The Balaban J connectivity index is 1.43. The van der Waals surface area contributed by atoms with Gasteiger partial charge in [0.25, 0.3) is 0 Å². The Morgan fingerprint density at radius 2 is 1.97 bits per heavy atom. The summed E-state index contributed by atoms with van der Waals surface area (Å²) in [4.78, 5) is 8.86. The number of aryl methyl sites for hydroxylation is 1. The van der Waals surface area contributed by atoms with E-state index in [-0.39, 0.29) is 0 Å². The van der Waals surface area contributed by atoms with Crippen molar-refractivity contribution in [1.29, 1.82) is 0 Å². The molecular formula is C24H27N5O. The molecule has 0 bridgehead atoms. The van der Waals surface area contributed by atoms with Crippen LogP contribution in [0.5, 0.6) is 0 Å². The fourth-order valence-electron chi connectivity index (χ4n) is 3.49. The van der Waals surface area contributed by atoms with E-state index in [2.05, 4.69) is 64.4 Å². The fourth-order valence-corrected chi connectivity index (χ4v) is 3.49. The highest BCUT2D eigenvalue weighted by atomic mass is 16.3. The largest absolute Gasteiger partial charge is 0.459 e. The molecule has 2 aromatic heterocycles. The Morgan fingerprint density at radius 3 is 2.77 bits per heavy atom. The quantitative estimate of drug-likeness (QED) is 0.359. The zero-order chi connectivity index (χ0) is 20.8. The van der Waals surface area contributed by atoms with Gasteiger partial charge in [-0.15, -0.1) is 0 Å². The highest BCUT2D eigenvalue weighted by Crippen LogP contribution is 2.24. The zero-order valence-corrected chi connectivity index (χ0v) is 17.4. The maximum Gasteiger partial charge on any atom is 0.191 e. The first-order chi connectivity index (χ1) is 14.7. The van der Waals surface area contributed by atoms with E-state index in [0.717, 1.165) is 35.8 Å². The number of fused-ring (bicyclic) bond motifs is 1. The number of nitrogens with one attached hydrogen (secondary N) is 2. The van der Waals surface area contributed by atoms with Gasteiger partial charge in [0.15, 0.2) is 5.96 Å². The summed E-state index contributed by atoms with van der Waals surface area (Å²) in [5, 5.41) is 7.86. The molecule has 0 atom stereocenters. The third-order valence-electron chi connectivity index (χ3n) is 5.04. The number of guanidine groups is 1. The molecule has 6 heteroatoms. The molecule has 0 aliphatic heterocycles. The number of nitrogens with zero attached hydrogens (tertiary/aromatic N) is 3. The van der Waals surface area contributed by atoms with Crippen molar-refractivity contribution >= 4 is 16.9 Å². The standard InChI is InChI=1S/C24H27N5O/c1-3-26-24(28-15-23-18(2)21-9-4-5-10-22(21)30-23)27-14-19-7-6-8-20(13-19)16-29-12-11-25-17-29/h4-13,17H,3,14-16H2,1-2H3,(H2,26,27,28). The summed E-state index contributed by atoms with van der Waals surface area (Å²) in [5.41, 5.74) is 4.49. The second kappa shape index (κ2) is 9.31. The molecule has 6 nitrogen and oxygen atoms in total. The van der Waals surface area contributed by atoms with Gasteiger partial charge >= 0.3 is 0 Å². The molecule has 30 heavy (non-hydrogen) atoms. The van der Waals surface area contributed by atoms with Gasteiger partial charge in [0, 0.05) is 36.4 Å². The van der Waals surface area contributed by atoms with Crippen molar-refractivity contribution in [2.75, 3.05) is 6.54 Å². The average molecular weight is 402 g/mol. The van der Waals surface area contributed by atoms with Gasteiger partial charge in [-0.05, 0) is 31.0 Å². The molecule has 0 saturated heterocycles. The molecule has 2 heterocycles. The van der Waals surface area contributed by atoms with Gasteiger partial charge in [-0.25, -0.2) is 9.98 Å². The molecule has 0 unspecified atom stereocenters. The smallest absolute Gasteiger partial charge is 0.191 e. The maximum atomic E-state index is 6.00. The SMILES string of the molecule is CCNC(=NCc1cccc(Cn2ccnc2)c1)NCc1oc2ccccc2c1C. The third-order valence-corrected chi connectivity index (χ3v) is 5.04. The highest BCUT2D eigenvalue weighted by Gasteiger charge is 2.10. The van der Waals surface area contributed by atoms with Crippen molar-refractivity contribution in [2.45, 2.75) is 33.5 Å². The Morgan fingerprint density at radius 1 is 1.10 bits per heavy atom. The molecule has 2 N–H and O–H groups in total. The second-order valence-electron chi connectivity index (χ2n) is 7.25. The summed E-state index contributed by atoms with van der Waals surface area (Å²) < 4.78 is 8.06. The van der Waals surface area contributed by atoms with Crippen LogP contribution in [0, 0.1) is 6.92 Å². The van der Waals surface area contributed by atoms with Crippen LogP contribution in [0.2, 0.25) is 0 Å². The lowest BCUT2D eigenvalue weighted by molar-refractivity contribution is 0.534. The van der Waals surface area contributed by atoms with Gasteiger partial charge in [0.1, 0.15) is 11.3 Å². The van der Waals surface area contributed by atoms with Crippen LogP contribution in [0.25, 0.3) is 11.0 Å². The summed E-state index contributed by atoms with van der Waals surface area (Å²) in [6, 6.07) is 16.6. The molecule has 0 amide bonds.